The Morgan fingerprint density at radius 1 is 1.19 bits per heavy atom. The Balaban J connectivity index is 1.58. The number of hydrogen-bond acceptors (Lipinski definition) is 5. The van der Waals surface area contributed by atoms with Gasteiger partial charge in [0.1, 0.15) is 5.82 Å². The van der Waals surface area contributed by atoms with Gasteiger partial charge in [0.15, 0.2) is 10.8 Å². The van der Waals surface area contributed by atoms with Crippen LogP contribution in [0.4, 0.5) is 5.69 Å². The summed E-state index contributed by atoms with van der Waals surface area (Å²) >= 11 is 4.81. The molecule has 0 atom stereocenters. The quantitative estimate of drug-likeness (QED) is 0.375. The number of anilines is 1. The summed E-state index contributed by atoms with van der Waals surface area (Å²) in [5.41, 5.74) is 3.46. The van der Waals surface area contributed by atoms with Crippen LogP contribution in [0.2, 0.25) is 0 Å². The molecule has 4 aromatic rings. The average Bonchev–Trinajstić information content (AvgIpc) is 3.04. The van der Waals surface area contributed by atoms with Gasteiger partial charge in [-0.3, -0.25) is 4.79 Å². The number of para-hydroxylation sites is 1. The molecule has 8 heteroatoms. The Morgan fingerprint density at radius 3 is 2.81 bits per heavy atom. The van der Waals surface area contributed by atoms with Crippen LogP contribution in [0.3, 0.4) is 0 Å². The van der Waals surface area contributed by atoms with E-state index in [2.05, 4.69) is 36.3 Å². The van der Waals surface area contributed by atoms with Gasteiger partial charge < -0.3 is 5.32 Å². The Labute approximate surface area is 168 Å². The molecular weight excluding hydrogens is 426 g/mol. The van der Waals surface area contributed by atoms with E-state index in [1.165, 1.54) is 11.8 Å². The molecule has 0 bridgehead atoms. The van der Waals surface area contributed by atoms with Crippen molar-refractivity contribution in [1.82, 2.24) is 19.6 Å². The van der Waals surface area contributed by atoms with Crippen LogP contribution < -0.4 is 5.32 Å². The fourth-order valence-corrected chi connectivity index (χ4v) is 4.10. The van der Waals surface area contributed by atoms with Crippen molar-refractivity contribution in [3.63, 3.8) is 0 Å². The van der Waals surface area contributed by atoms with Crippen molar-refractivity contribution in [2.24, 2.45) is 0 Å². The molecule has 0 aliphatic heterocycles. The first-order valence-corrected chi connectivity index (χ1v) is 10.1. The summed E-state index contributed by atoms with van der Waals surface area (Å²) in [6.45, 7) is 3.85. The molecule has 6 nitrogen and oxygen atoms in total. The van der Waals surface area contributed by atoms with E-state index in [0.29, 0.717) is 11.0 Å². The molecule has 0 aliphatic carbocycles. The van der Waals surface area contributed by atoms with E-state index in [1.807, 2.05) is 56.3 Å². The normalized spacial score (nSPS) is 11.2. The van der Waals surface area contributed by atoms with Crippen LogP contribution in [0.15, 0.2) is 52.1 Å². The van der Waals surface area contributed by atoms with Crippen LogP contribution in [-0.2, 0) is 4.79 Å². The van der Waals surface area contributed by atoms with E-state index < -0.39 is 0 Å². The molecule has 2 aromatic heterocycles. The number of benzene rings is 2. The number of rotatable bonds is 4. The van der Waals surface area contributed by atoms with Crippen LogP contribution in [0.1, 0.15) is 11.4 Å². The van der Waals surface area contributed by atoms with Crippen molar-refractivity contribution in [3.8, 4) is 0 Å². The number of halogens is 1. The molecule has 0 unspecified atom stereocenters. The number of hydrogen-bond donors (Lipinski definition) is 1. The Kier molecular flexibility index (Phi) is 4.84. The SMILES string of the molecule is Cc1ccc(NC(=O)CSc2nc3ccccc3c3nc(C)nn23)c(Br)c1. The number of nitrogens with zero attached hydrogens (tertiary/aromatic N) is 4. The van der Waals surface area contributed by atoms with Crippen LogP contribution in [0, 0.1) is 13.8 Å². The van der Waals surface area contributed by atoms with E-state index >= 15 is 0 Å². The van der Waals surface area contributed by atoms with Crippen LogP contribution >= 0.6 is 27.7 Å². The van der Waals surface area contributed by atoms with Crippen molar-refractivity contribution in [2.45, 2.75) is 19.0 Å². The highest BCUT2D eigenvalue weighted by molar-refractivity contribution is 9.10. The lowest BCUT2D eigenvalue weighted by atomic mass is 10.2. The molecule has 0 fully saturated rings. The molecule has 0 saturated carbocycles. The molecule has 0 saturated heterocycles. The number of aryl methyl sites for hydroxylation is 2. The van der Waals surface area contributed by atoms with Gasteiger partial charge in [0, 0.05) is 9.86 Å². The third kappa shape index (κ3) is 3.68. The Bertz CT molecular complexity index is 1170. The van der Waals surface area contributed by atoms with Gasteiger partial charge in [-0.25, -0.2) is 9.97 Å². The number of nitrogens with one attached hydrogen (secondary N) is 1. The summed E-state index contributed by atoms with van der Waals surface area (Å²) in [6.07, 6.45) is 0. The van der Waals surface area contributed by atoms with Crippen molar-refractivity contribution >= 4 is 55.8 Å². The van der Waals surface area contributed by atoms with Gasteiger partial charge in [-0.2, -0.15) is 4.52 Å². The maximum atomic E-state index is 12.4. The standard InChI is InChI=1S/C19H16BrN5OS/c1-11-7-8-16(14(20)9-11)22-17(26)10-27-19-23-15-6-4-3-5-13(15)18-21-12(2)24-25(18)19/h3-9H,10H2,1-2H3,(H,22,26). The van der Waals surface area contributed by atoms with Crippen molar-refractivity contribution < 1.29 is 4.79 Å². The number of aromatic nitrogens is 4. The Morgan fingerprint density at radius 2 is 2.00 bits per heavy atom. The van der Waals surface area contributed by atoms with Gasteiger partial charge in [-0.15, -0.1) is 5.10 Å². The first kappa shape index (κ1) is 17.9. The van der Waals surface area contributed by atoms with Crippen LogP contribution in [0.5, 0.6) is 0 Å². The van der Waals surface area contributed by atoms with Gasteiger partial charge in [0.2, 0.25) is 5.91 Å². The predicted octanol–water partition coefficient (Wildman–Crippen LogP) is 4.39. The monoisotopic (exact) mass is 441 g/mol. The molecule has 0 aliphatic rings. The fraction of sp³-hybridized carbons (Fsp3) is 0.158. The molecule has 0 radical (unpaired) electrons. The minimum atomic E-state index is -0.107. The van der Waals surface area contributed by atoms with E-state index in [1.54, 1.807) is 4.52 Å². The smallest absolute Gasteiger partial charge is 0.234 e. The number of carbonyl (C=O) groups is 1. The highest BCUT2D eigenvalue weighted by Gasteiger charge is 2.14. The summed E-state index contributed by atoms with van der Waals surface area (Å²) in [6, 6.07) is 13.6. The lowest BCUT2D eigenvalue weighted by Crippen LogP contribution is -2.15. The molecule has 27 heavy (non-hydrogen) atoms. The van der Waals surface area contributed by atoms with Crippen LogP contribution in [0.25, 0.3) is 16.6 Å². The summed E-state index contributed by atoms with van der Waals surface area (Å²) < 4.78 is 2.57. The van der Waals surface area contributed by atoms with E-state index in [-0.39, 0.29) is 11.7 Å². The number of fused-ring (bicyclic) bond motifs is 3. The van der Waals surface area contributed by atoms with Gasteiger partial charge in [-0.1, -0.05) is 30.0 Å². The van der Waals surface area contributed by atoms with E-state index in [0.717, 1.165) is 32.3 Å². The zero-order valence-electron chi connectivity index (χ0n) is 14.7. The Hall–Kier alpha value is -2.45. The van der Waals surface area contributed by atoms with E-state index in [9.17, 15) is 4.79 Å². The average molecular weight is 442 g/mol. The zero-order valence-corrected chi connectivity index (χ0v) is 17.1. The minimum Gasteiger partial charge on any atom is -0.324 e. The summed E-state index contributed by atoms with van der Waals surface area (Å²) in [5.74, 6) is 0.784. The second-order valence-electron chi connectivity index (χ2n) is 6.13. The lowest BCUT2D eigenvalue weighted by Gasteiger charge is -2.09. The first-order valence-electron chi connectivity index (χ1n) is 8.32. The third-order valence-corrected chi connectivity index (χ3v) is 5.57. The van der Waals surface area contributed by atoms with Crippen molar-refractivity contribution in [3.05, 3.63) is 58.3 Å². The maximum absolute atomic E-state index is 12.4. The predicted molar refractivity (Wildman–Crippen MR) is 111 cm³/mol. The zero-order chi connectivity index (χ0) is 19.0. The topological polar surface area (TPSA) is 72.2 Å². The molecule has 2 aromatic carbocycles. The highest BCUT2D eigenvalue weighted by Crippen LogP contribution is 2.26. The second kappa shape index (κ2) is 7.28. The maximum Gasteiger partial charge on any atom is 0.234 e. The first-order chi connectivity index (χ1) is 13.0. The van der Waals surface area contributed by atoms with Crippen molar-refractivity contribution in [2.75, 3.05) is 11.1 Å². The molecule has 4 rings (SSSR count). The molecule has 1 amide bonds. The molecule has 1 N–H and O–H groups in total. The summed E-state index contributed by atoms with van der Waals surface area (Å²) in [7, 11) is 0. The van der Waals surface area contributed by atoms with Gasteiger partial charge in [-0.05, 0) is 59.6 Å². The summed E-state index contributed by atoms with van der Waals surface area (Å²) in [4.78, 5) is 21.6. The highest BCUT2D eigenvalue weighted by atomic mass is 79.9. The molecule has 0 spiro atoms. The van der Waals surface area contributed by atoms with Crippen LogP contribution in [-0.4, -0.2) is 31.2 Å². The number of amides is 1. The number of thioether (sulfide) groups is 1. The van der Waals surface area contributed by atoms with E-state index in [4.69, 9.17) is 0 Å². The van der Waals surface area contributed by atoms with Gasteiger partial charge in [0.25, 0.3) is 0 Å². The van der Waals surface area contributed by atoms with Gasteiger partial charge in [0.05, 0.1) is 17.0 Å². The minimum absolute atomic E-state index is 0.107. The summed E-state index contributed by atoms with van der Waals surface area (Å²) in [5, 5.41) is 8.93. The fourth-order valence-electron chi connectivity index (χ4n) is 2.76. The van der Waals surface area contributed by atoms with Crippen molar-refractivity contribution in [1.29, 1.82) is 0 Å². The third-order valence-electron chi connectivity index (χ3n) is 3.99. The lowest BCUT2D eigenvalue weighted by molar-refractivity contribution is -0.113. The molecular formula is C19H16BrN5OS. The largest absolute Gasteiger partial charge is 0.324 e. The van der Waals surface area contributed by atoms with Gasteiger partial charge >= 0.3 is 0 Å². The molecule has 2 heterocycles. The second-order valence-corrected chi connectivity index (χ2v) is 7.92. The molecule has 136 valence electrons. The number of carbonyl (C=O) groups excluding carboxylic acids is 1.